The molecule has 0 radical (unpaired) electrons. The van der Waals surface area contributed by atoms with Crippen molar-refractivity contribution < 1.29 is 10.0 Å². The molecule has 0 saturated heterocycles. The van der Waals surface area contributed by atoms with E-state index < -0.39 is 10.5 Å². The van der Waals surface area contributed by atoms with Gasteiger partial charge in [-0.1, -0.05) is 6.92 Å². The third-order valence-electron chi connectivity index (χ3n) is 3.48. The van der Waals surface area contributed by atoms with Crippen molar-refractivity contribution in [2.45, 2.75) is 19.9 Å². The van der Waals surface area contributed by atoms with Crippen molar-refractivity contribution in [1.82, 2.24) is 9.97 Å². The molecule has 0 fully saturated rings. The molecule has 0 amide bonds. The molecular formula is C13H16N4O4. The van der Waals surface area contributed by atoms with Crippen LogP contribution >= 0.6 is 0 Å². The average molecular weight is 292 g/mol. The number of nitro groups is 1. The second-order valence-corrected chi connectivity index (χ2v) is 4.97. The van der Waals surface area contributed by atoms with Crippen molar-refractivity contribution in [1.29, 1.82) is 0 Å². The number of rotatable bonds is 5. The fourth-order valence-corrected chi connectivity index (χ4v) is 1.92. The summed E-state index contributed by atoms with van der Waals surface area (Å²) in [5.41, 5.74) is 0.0264. The van der Waals surface area contributed by atoms with Crippen LogP contribution in [0.5, 0.6) is 0 Å². The fourth-order valence-electron chi connectivity index (χ4n) is 1.92. The van der Waals surface area contributed by atoms with Gasteiger partial charge in [0.25, 0.3) is 11.2 Å². The quantitative estimate of drug-likeness (QED) is 0.563. The summed E-state index contributed by atoms with van der Waals surface area (Å²) >= 11 is 0. The zero-order chi connectivity index (χ0) is 15.6. The highest BCUT2D eigenvalue weighted by Crippen LogP contribution is 2.29. The summed E-state index contributed by atoms with van der Waals surface area (Å²) in [4.78, 5) is 28.7. The van der Waals surface area contributed by atoms with E-state index in [4.69, 9.17) is 5.11 Å². The minimum Gasteiger partial charge on any atom is -0.396 e. The molecule has 0 aliphatic carbocycles. The number of hydrogen-bond acceptors (Lipinski definition) is 6. The van der Waals surface area contributed by atoms with Crippen LogP contribution in [0.15, 0.2) is 23.3 Å². The Balaban J connectivity index is 2.53. The number of aliphatic hydroxyl groups excluding tert-OH is 1. The number of aliphatic hydroxyl groups is 1. The molecule has 0 bridgehead atoms. The van der Waals surface area contributed by atoms with Crippen molar-refractivity contribution in [2.24, 2.45) is 5.92 Å². The summed E-state index contributed by atoms with van der Waals surface area (Å²) in [6.07, 6.45) is 1.25. The maximum atomic E-state index is 11.7. The monoisotopic (exact) mass is 292 g/mol. The maximum Gasteiger partial charge on any atom is 0.293 e. The molecule has 2 aromatic rings. The standard InChI is InChI=1S/C13H16N4O4/c1-7(5-18)8(2)16-11-4-10-9(3-12(11)17(20)21)13(19)15-6-14-10/h3-4,6-8,16,18H,5H2,1-2H3,(H,14,15,19). The number of anilines is 1. The van der Waals surface area contributed by atoms with E-state index >= 15 is 0 Å². The van der Waals surface area contributed by atoms with Crippen LogP contribution in [0, 0.1) is 16.0 Å². The van der Waals surface area contributed by atoms with Gasteiger partial charge in [-0.25, -0.2) is 4.98 Å². The summed E-state index contributed by atoms with van der Waals surface area (Å²) < 4.78 is 0. The number of nitrogens with one attached hydrogen (secondary N) is 2. The molecule has 0 spiro atoms. The number of aromatic nitrogens is 2. The molecule has 2 unspecified atom stereocenters. The summed E-state index contributed by atoms with van der Waals surface area (Å²) in [5.74, 6) is -0.0764. The van der Waals surface area contributed by atoms with Gasteiger partial charge in [-0.05, 0) is 18.9 Å². The Kier molecular flexibility index (Phi) is 4.18. The van der Waals surface area contributed by atoms with Crippen molar-refractivity contribution in [2.75, 3.05) is 11.9 Å². The summed E-state index contributed by atoms with van der Waals surface area (Å²) in [7, 11) is 0. The number of aromatic amines is 1. The molecule has 0 aliphatic rings. The van der Waals surface area contributed by atoms with Gasteiger partial charge < -0.3 is 15.4 Å². The van der Waals surface area contributed by atoms with Gasteiger partial charge in [0.1, 0.15) is 5.69 Å². The molecule has 2 rings (SSSR count). The molecule has 21 heavy (non-hydrogen) atoms. The maximum absolute atomic E-state index is 11.7. The van der Waals surface area contributed by atoms with E-state index in [0.717, 1.165) is 0 Å². The second-order valence-electron chi connectivity index (χ2n) is 4.97. The van der Waals surface area contributed by atoms with Crippen LogP contribution in [-0.4, -0.2) is 32.6 Å². The Bertz CT molecular complexity index is 728. The first-order valence-corrected chi connectivity index (χ1v) is 6.47. The van der Waals surface area contributed by atoms with Gasteiger partial charge in [-0.2, -0.15) is 0 Å². The Morgan fingerprint density at radius 3 is 2.81 bits per heavy atom. The van der Waals surface area contributed by atoms with E-state index in [1.165, 1.54) is 18.5 Å². The Morgan fingerprint density at radius 1 is 1.48 bits per heavy atom. The number of hydrogen-bond donors (Lipinski definition) is 3. The van der Waals surface area contributed by atoms with Gasteiger partial charge in [0, 0.05) is 18.7 Å². The number of nitrogens with zero attached hydrogens (tertiary/aromatic N) is 2. The SMILES string of the molecule is CC(CO)C(C)Nc1cc2nc[nH]c(=O)c2cc1[N+](=O)[O-]. The largest absolute Gasteiger partial charge is 0.396 e. The van der Waals surface area contributed by atoms with Crippen molar-refractivity contribution in [3.8, 4) is 0 Å². The molecule has 3 N–H and O–H groups in total. The Hall–Kier alpha value is -2.48. The smallest absolute Gasteiger partial charge is 0.293 e. The predicted molar refractivity (Wildman–Crippen MR) is 78.4 cm³/mol. The topological polar surface area (TPSA) is 121 Å². The molecule has 8 heteroatoms. The highest BCUT2D eigenvalue weighted by molar-refractivity contribution is 5.86. The van der Waals surface area contributed by atoms with Crippen LogP contribution in [-0.2, 0) is 0 Å². The molecule has 1 heterocycles. The first kappa shape index (κ1) is 14.9. The third kappa shape index (κ3) is 3.00. The van der Waals surface area contributed by atoms with E-state index in [-0.39, 0.29) is 35.3 Å². The van der Waals surface area contributed by atoms with Crippen LogP contribution < -0.4 is 10.9 Å². The van der Waals surface area contributed by atoms with E-state index in [1.807, 2.05) is 13.8 Å². The first-order chi connectivity index (χ1) is 9.93. The van der Waals surface area contributed by atoms with Gasteiger partial charge in [0.05, 0.1) is 22.2 Å². The van der Waals surface area contributed by atoms with Gasteiger partial charge in [0.15, 0.2) is 0 Å². The first-order valence-electron chi connectivity index (χ1n) is 6.47. The van der Waals surface area contributed by atoms with Crippen LogP contribution in [0.3, 0.4) is 0 Å². The highest BCUT2D eigenvalue weighted by Gasteiger charge is 2.20. The highest BCUT2D eigenvalue weighted by atomic mass is 16.6. The molecular weight excluding hydrogens is 276 g/mol. The lowest BCUT2D eigenvalue weighted by Crippen LogP contribution is -2.26. The lowest BCUT2D eigenvalue weighted by atomic mass is 10.0. The number of nitro benzene ring substituents is 1. The molecule has 112 valence electrons. The van der Waals surface area contributed by atoms with E-state index in [2.05, 4.69) is 15.3 Å². The van der Waals surface area contributed by atoms with Gasteiger partial charge in [0.2, 0.25) is 0 Å². The summed E-state index contributed by atoms with van der Waals surface area (Å²) in [5, 5.41) is 23.5. The van der Waals surface area contributed by atoms with Crippen LogP contribution in [0.4, 0.5) is 11.4 Å². The molecule has 1 aromatic carbocycles. The predicted octanol–water partition coefficient (Wildman–Crippen LogP) is 1.26. The summed E-state index contributed by atoms with van der Waals surface area (Å²) in [6, 6.07) is 2.51. The fraction of sp³-hybridized carbons (Fsp3) is 0.385. The van der Waals surface area contributed by atoms with E-state index in [1.54, 1.807) is 0 Å². The zero-order valence-corrected chi connectivity index (χ0v) is 11.7. The van der Waals surface area contributed by atoms with Crippen molar-refractivity contribution in [3.63, 3.8) is 0 Å². The normalized spacial score (nSPS) is 13.9. The van der Waals surface area contributed by atoms with E-state index in [9.17, 15) is 14.9 Å². The number of H-pyrrole nitrogens is 1. The third-order valence-corrected chi connectivity index (χ3v) is 3.48. The second kappa shape index (κ2) is 5.88. The van der Waals surface area contributed by atoms with Gasteiger partial charge in [-0.3, -0.25) is 14.9 Å². The van der Waals surface area contributed by atoms with Crippen molar-refractivity contribution in [3.05, 3.63) is 38.9 Å². The van der Waals surface area contributed by atoms with Crippen LogP contribution in [0.1, 0.15) is 13.8 Å². The molecule has 1 aromatic heterocycles. The lowest BCUT2D eigenvalue weighted by molar-refractivity contribution is -0.383. The molecule has 2 atom stereocenters. The Labute approximate surface area is 120 Å². The molecule has 0 aliphatic heterocycles. The minimum atomic E-state index is -0.551. The number of benzene rings is 1. The number of fused-ring (bicyclic) bond motifs is 1. The van der Waals surface area contributed by atoms with Crippen LogP contribution in [0.2, 0.25) is 0 Å². The van der Waals surface area contributed by atoms with Gasteiger partial charge >= 0.3 is 0 Å². The molecule has 8 nitrogen and oxygen atoms in total. The molecule has 0 saturated carbocycles. The zero-order valence-electron chi connectivity index (χ0n) is 11.7. The van der Waals surface area contributed by atoms with E-state index in [0.29, 0.717) is 5.52 Å². The Morgan fingerprint density at radius 2 is 2.19 bits per heavy atom. The minimum absolute atomic E-state index is 0.0343. The lowest BCUT2D eigenvalue weighted by Gasteiger charge is -2.20. The van der Waals surface area contributed by atoms with Gasteiger partial charge in [-0.15, -0.1) is 0 Å². The van der Waals surface area contributed by atoms with Crippen molar-refractivity contribution >= 4 is 22.3 Å². The average Bonchev–Trinajstić information content (AvgIpc) is 2.45. The van der Waals surface area contributed by atoms with Crippen LogP contribution in [0.25, 0.3) is 10.9 Å². The summed E-state index contributed by atoms with van der Waals surface area (Å²) in [6.45, 7) is 3.61.